The van der Waals surface area contributed by atoms with Crippen molar-refractivity contribution in [3.63, 3.8) is 0 Å². The van der Waals surface area contributed by atoms with Gasteiger partial charge < -0.3 is 33.9 Å². The lowest BCUT2D eigenvalue weighted by Gasteiger charge is -2.34. The maximum absolute atomic E-state index is 13.6. The molecule has 0 aromatic heterocycles. The van der Waals surface area contributed by atoms with Gasteiger partial charge in [0.1, 0.15) is 5.75 Å². The first-order valence-corrected chi connectivity index (χ1v) is 11.0. The van der Waals surface area contributed by atoms with Crippen molar-refractivity contribution in [2.75, 3.05) is 46.8 Å². The summed E-state index contributed by atoms with van der Waals surface area (Å²) in [6.45, 7) is 2.33. The van der Waals surface area contributed by atoms with Gasteiger partial charge in [-0.25, -0.2) is 4.79 Å². The summed E-state index contributed by atoms with van der Waals surface area (Å²) in [4.78, 5) is 29.6. The van der Waals surface area contributed by atoms with Crippen LogP contribution < -0.4 is 14.2 Å². The monoisotopic (exact) mass is 454 g/mol. The number of aliphatic carboxylic acids is 1. The van der Waals surface area contributed by atoms with Crippen molar-refractivity contribution in [1.82, 2.24) is 9.80 Å². The number of morpholine rings is 1. The number of ether oxygens (including phenoxy) is 4. The highest BCUT2D eigenvalue weighted by atomic mass is 16.7. The second kappa shape index (κ2) is 8.82. The molecule has 1 N–H and O–H groups in total. The number of likely N-dealkylation sites (tertiary alicyclic amines) is 1. The average Bonchev–Trinajstić information content (AvgIpc) is 3.48. The molecule has 0 spiro atoms. The zero-order chi connectivity index (χ0) is 22.9. The molecule has 3 aliphatic rings. The molecular weight excluding hydrogens is 428 g/mol. The number of benzene rings is 2. The maximum Gasteiger partial charge on any atom is 0.320 e. The number of carbonyl (C=O) groups is 2. The minimum Gasteiger partial charge on any atom is -0.497 e. The average molecular weight is 454 g/mol. The quantitative estimate of drug-likeness (QED) is 0.759. The molecule has 3 heterocycles. The number of carboxylic acid groups (broad SMARTS) is 1. The summed E-state index contributed by atoms with van der Waals surface area (Å²) < 4.78 is 21.6. The fourth-order valence-corrected chi connectivity index (χ4v) is 4.94. The molecule has 0 unspecified atom stereocenters. The Kier molecular flexibility index (Phi) is 5.72. The summed E-state index contributed by atoms with van der Waals surface area (Å²) >= 11 is 0. The molecule has 2 fully saturated rings. The Hall–Kier alpha value is -3.46. The number of rotatable bonds is 4. The fourth-order valence-electron chi connectivity index (χ4n) is 4.94. The van der Waals surface area contributed by atoms with E-state index in [1.165, 1.54) is 0 Å². The predicted octanol–water partition coefficient (Wildman–Crippen LogP) is 2.72. The highest BCUT2D eigenvalue weighted by molar-refractivity contribution is 5.80. The number of hydrogen-bond donors (Lipinski definition) is 1. The van der Waals surface area contributed by atoms with E-state index < -0.39 is 23.8 Å². The summed E-state index contributed by atoms with van der Waals surface area (Å²) in [7, 11) is 1.58. The second-order valence-corrected chi connectivity index (χ2v) is 8.34. The second-order valence-electron chi connectivity index (χ2n) is 8.34. The molecule has 9 nitrogen and oxygen atoms in total. The van der Waals surface area contributed by atoms with E-state index in [1.807, 2.05) is 24.3 Å². The van der Waals surface area contributed by atoms with E-state index in [4.69, 9.17) is 18.9 Å². The van der Waals surface area contributed by atoms with E-state index in [0.717, 1.165) is 11.1 Å². The van der Waals surface area contributed by atoms with Crippen LogP contribution in [0.1, 0.15) is 23.1 Å². The van der Waals surface area contributed by atoms with Crippen LogP contribution in [0.3, 0.4) is 0 Å². The molecule has 0 radical (unpaired) electrons. The van der Waals surface area contributed by atoms with E-state index in [2.05, 4.69) is 0 Å². The number of amides is 2. The lowest BCUT2D eigenvalue weighted by Crippen LogP contribution is -2.48. The van der Waals surface area contributed by atoms with E-state index in [9.17, 15) is 14.7 Å². The Bertz CT molecular complexity index is 1040. The minimum atomic E-state index is -0.948. The van der Waals surface area contributed by atoms with Crippen LogP contribution in [0.15, 0.2) is 42.5 Å². The number of nitrogens with zero attached hydrogens (tertiary/aromatic N) is 2. The van der Waals surface area contributed by atoms with Gasteiger partial charge in [0.05, 0.1) is 32.3 Å². The van der Waals surface area contributed by atoms with Crippen molar-refractivity contribution in [1.29, 1.82) is 0 Å². The van der Waals surface area contributed by atoms with Crippen LogP contribution in [-0.4, -0.2) is 73.7 Å². The molecule has 5 rings (SSSR count). The zero-order valence-electron chi connectivity index (χ0n) is 18.3. The molecule has 174 valence electrons. The number of methoxy groups -OCH3 is 1. The SMILES string of the molecule is COc1ccc([C@@H]2[C@@H](C(=O)O)[C@@H](c3ccc4c(c3)OCO4)CN2C(=O)N2CCOCC2)cc1. The van der Waals surface area contributed by atoms with Crippen LogP contribution in [0.25, 0.3) is 0 Å². The topological polar surface area (TPSA) is 97.8 Å². The Morgan fingerprint density at radius 2 is 1.70 bits per heavy atom. The van der Waals surface area contributed by atoms with Gasteiger partial charge in [0.25, 0.3) is 0 Å². The van der Waals surface area contributed by atoms with Crippen LogP contribution in [0.2, 0.25) is 0 Å². The third-order valence-electron chi connectivity index (χ3n) is 6.60. The molecule has 2 aromatic carbocycles. The van der Waals surface area contributed by atoms with Gasteiger partial charge in [0.2, 0.25) is 6.79 Å². The Morgan fingerprint density at radius 3 is 2.39 bits per heavy atom. The molecule has 0 aliphatic carbocycles. The van der Waals surface area contributed by atoms with Gasteiger partial charge in [-0.05, 0) is 35.4 Å². The molecule has 9 heteroatoms. The molecular formula is C24H26N2O7. The smallest absolute Gasteiger partial charge is 0.320 e. The van der Waals surface area contributed by atoms with Crippen LogP contribution in [0, 0.1) is 5.92 Å². The summed E-state index contributed by atoms with van der Waals surface area (Å²) in [5.74, 6) is -0.289. The number of urea groups is 1. The van der Waals surface area contributed by atoms with Gasteiger partial charge in [-0.15, -0.1) is 0 Å². The lowest BCUT2D eigenvalue weighted by atomic mass is 9.83. The third kappa shape index (κ3) is 3.93. The normalized spacial score (nSPS) is 24.1. The summed E-state index contributed by atoms with van der Waals surface area (Å²) in [6, 6.07) is 11.9. The zero-order valence-corrected chi connectivity index (χ0v) is 18.3. The summed E-state index contributed by atoms with van der Waals surface area (Å²) in [6.07, 6.45) is 0. The van der Waals surface area contributed by atoms with Crippen molar-refractivity contribution < 1.29 is 33.6 Å². The van der Waals surface area contributed by atoms with Crippen LogP contribution in [0.5, 0.6) is 17.2 Å². The van der Waals surface area contributed by atoms with Gasteiger partial charge in [-0.2, -0.15) is 0 Å². The third-order valence-corrected chi connectivity index (χ3v) is 6.60. The standard InChI is InChI=1S/C24H26N2O7/c1-30-17-5-2-15(3-6-17)22-21(23(27)28)18(16-4-7-19-20(12-16)33-14-32-19)13-26(22)24(29)25-8-10-31-11-9-25/h2-7,12,18,21-22H,8-11,13-14H2,1H3,(H,27,28)/t18-,21+,22-/m1/s1. The predicted molar refractivity (Wildman–Crippen MR) is 117 cm³/mol. The molecule has 2 aromatic rings. The summed E-state index contributed by atoms with van der Waals surface area (Å²) in [5.41, 5.74) is 1.57. The van der Waals surface area contributed by atoms with Gasteiger partial charge in [0, 0.05) is 25.6 Å². The highest BCUT2D eigenvalue weighted by Gasteiger charge is 2.50. The van der Waals surface area contributed by atoms with Crippen LogP contribution in [-0.2, 0) is 9.53 Å². The van der Waals surface area contributed by atoms with Crippen LogP contribution in [0.4, 0.5) is 4.79 Å². The Balaban J connectivity index is 1.54. The first-order chi connectivity index (χ1) is 16.1. The van der Waals surface area contributed by atoms with Gasteiger partial charge in [0.15, 0.2) is 11.5 Å². The molecule has 3 atom stereocenters. The Labute approximate surface area is 191 Å². The molecule has 33 heavy (non-hydrogen) atoms. The van der Waals surface area contributed by atoms with E-state index in [-0.39, 0.29) is 19.4 Å². The van der Waals surface area contributed by atoms with Crippen molar-refractivity contribution >= 4 is 12.0 Å². The molecule has 2 saturated heterocycles. The first-order valence-electron chi connectivity index (χ1n) is 11.0. The van der Waals surface area contributed by atoms with Gasteiger partial charge in [-0.3, -0.25) is 4.79 Å². The number of fused-ring (bicyclic) bond motifs is 1. The van der Waals surface area contributed by atoms with Crippen molar-refractivity contribution in [2.45, 2.75) is 12.0 Å². The fraction of sp³-hybridized carbons (Fsp3) is 0.417. The minimum absolute atomic E-state index is 0.141. The largest absolute Gasteiger partial charge is 0.497 e. The molecule has 2 amide bonds. The maximum atomic E-state index is 13.6. The summed E-state index contributed by atoms with van der Waals surface area (Å²) in [5, 5.41) is 10.3. The van der Waals surface area contributed by atoms with E-state index >= 15 is 0 Å². The van der Waals surface area contributed by atoms with Gasteiger partial charge >= 0.3 is 12.0 Å². The van der Waals surface area contributed by atoms with E-state index in [0.29, 0.717) is 43.6 Å². The number of carbonyl (C=O) groups excluding carboxylic acids is 1. The first kappa shape index (κ1) is 21.4. The van der Waals surface area contributed by atoms with Gasteiger partial charge in [-0.1, -0.05) is 18.2 Å². The molecule has 0 bridgehead atoms. The van der Waals surface area contributed by atoms with E-state index in [1.54, 1.807) is 35.1 Å². The van der Waals surface area contributed by atoms with Crippen molar-refractivity contribution in [3.8, 4) is 17.2 Å². The van der Waals surface area contributed by atoms with Crippen LogP contribution >= 0.6 is 0 Å². The highest BCUT2D eigenvalue weighted by Crippen LogP contribution is 2.48. The number of carboxylic acids is 1. The van der Waals surface area contributed by atoms with Crippen molar-refractivity contribution in [2.24, 2.45) is 5.92 Å². The molecule has 0 saturated carbocycles. The van der Waals surface area contributed by atoms with Crippen molar-refractivity contribution in [3.05, 3.63) is 53.6 Å². The lowest BCUT2D eigenvalue weighted by molar-refractivity contribution is -0.143. The number of hydrogen-bond acceptors (Lipinski definition) is 6. The molecule has 3 aliphatic heterocycles. The Morgan fingerprint density at radius 1 is 1.00 bits per heavy atom.